The number of hydrogen-bond acceptors (Lipinski definition) is 3. The van der Waals surface area contributed by atoms with E-state index < -0.39 is 0 Å². The third kappa shape index (κ3) is 2.16. The number of thiophene rings is 1. The van der Waals surface area contributed by atoms with Gasteiger partial charge in [0.05, 0.1) is 13.2 Å². The smallest absolute Gasteiger partial charge is 0.0623 e. The lowest BCUT2D eigenvalue weighted by Crippen LogP contribution is -2.35. The average Bonchev–Trinajstić information content (AvgIpc) is 2.77. The Morgan fingerprint density at radius 1 is 1.57 bits per heavy atom. The second-order valence-electron chi connectivity index (χ2n) is 4.03. The summed E-state index contributed by atoms with van der Waals surface area (Å²) in [7, 11) is 0. The highest BCUT2D eigenvalue weighted by Crippen LogP contribution is 2.21. The van der Waals surface area contributed by atoms with Crippen LogP contribution in [0.4, 0.5) is 0 Å². The quantitative estimate of drug-likeness (QED) is 0.829. The Hall–Kier alpha value is -0.380. The van der Waals surface area contributed by atoms with Crippen LogP contribution < -0.4 is 5.32 Å². The predicted molar refractivity (Wildman–Crippen MR) is 59.6 cm³/mol. The average molecular weight is 211 g/mol. The van der Waals surface area contributed by atoms with E-state index in [0.29, 0.717) is 18.0 Å². The Kier molecular flexibility index (Phi) is 3.21. The summed E-state index contributed by atoms with van der Waals surface area (Å²) in [5.74, 6) is 0.636. The molecule has 3 atom stereocenters. The highest BCUT2D eigenvalue weighted by Gasteiger charge is 2.25. The molecule has 0 amide bonds. The van der Waals surface area contributed by atoms with Crippen molar-refractivity contribution in [1.82, 2.24) is 5.32 Å². The number of nitrogens with one attached hydrogen (secondary N) is 1. The molecule has 0 aromatic carbocycles. The van der Waals surface area contributed by atoms with Crippen LogP contribution in [0.15, 0.2) is 17.5 Å². The Balaban J connectivity index is 1.91. The topological polar surface area (TPSA) is 21.3 Å². The van der Waals surface area contributed by atoms with Crippen LogP contribution in [0.3, 0.4) is 0 Å². The van der Waals surface area contributed by atoms with E-state index in [2.05, 4.69) is 36.7 Å². The standard InChI is InChI=1S/C11H17NOS/c1-8-6-13-7-10(8)12-9(2)11-4-3-5-14-11/h3-5,8-10,12H,6-7H2,1-2H3/t8?,9-,10?/m1/s1. The molecule has 0 aliphatic carbocycles. The Labute approximate surface area is 89.3 Å². The molecule has 2 heterocycles. The van der Waals surface area contributed by atoms with Gasteiger partial charge < -0.3 is 10.1 Å². The Morgan fingerprint density at radius 3 is 3.00 bits per heavy atom. The lowest BCUT2D eigenvalue weighted by atomic mass is 10.1. The van der Waals surface area contributed by atoms with Gasteiger partial charge in [-0.3, -0.25) is 0 Å². The molecule has 0 spiro atoms. The van der Waals surface area contributed by atoms with Crippen molar-refractivity contribution in [2.24, 2.45) is 5.92 Å². The van der Waals surface area contributed by atoms with Crippen LogP contribution in [0.2, 0.25) is 0 Å². The van der Waals surface area contributed by atoms with E-state index in [-0.39, 0.29) is 0 Å². The van der Waals surface area contributed by atoms with Gasteiger partial charge in [0, 0.05) is 17.0 Å². The zero-order valence-corrected chi connectivity index (χ0v) is 9.51. The molecule has 1 aliphatic heterocycles. The van der Waals surface area contributed by atoms with Crippen LogP contribution in [0.5, 0.6) is 0 Å². The van der Waals surface area contributed by atoms with E-state index >= 15 is 0 Å². The van der Waals surface area contributed by atoms with Gasteiger partial charge in [0.15, 0.2) is 0 Å². The SMILES string of the molecule is CC1COCC1N[C@H](C)c1cccs1. The fourth-order valence-corrected chi connectivity index (χ4v) is 2.56. The van der Waals surface area contributed by atoms with Gasteiger partial charge in [0.2, 0.25) is 0 Å². The highest BCUT2D eigenvalue weighted by atomic mass is 32.1. The predicted octanol–water partition coefficient (Wildman–Crippen LogP) is 2.43. The molecule has 3 heteroatoms. The summed E-state index contributed by atoms with van der Waals surface area (Å²) >= 11 is 1.81. The first-order valence-corrected chi connectivity index (χ1v) is 6.02. The monoisotopic (exact) mass is 211 g/mol. The maximum atomic E-state index is 5.43. The summed E-state index contributed by atoms with van der Waals surface area (Å²) in [6.07, 6.45) is 0. The largest absolute Gasteiger partial charge is 0.379 e. The van der Waals surface area contributed by atoms with Crippen LogP contribution >= 0.6 is 11.3 Å². The summed E-state index contributed by atoms with van der Waals surface area (Å²) in [5.41, 5.74) is 0. The zero-order valence-electron chi connectivity index (χ0n) is 8.69. The molecule has 2 unspecified atom stereocenters. The van der Waals surface area contributed by atoms with Gasteiger partial charge in [-0.1, -0.05) is 13.0 Å². The van der Waals surface area contributed by atoms with Crippen molar-refractivity contribution >= 4 is 11.3 Å². The minimum atomic E-state index is 0.448. The second-order valence-corrected chi connectivity index (χ2v) is 5.00. The summed E-state index contributed by atoms with van der Waals surface area (Å²) < 4.78 is 5.43. The molecule has 0 radical (unpaired) electrons. The fraction of sp³-hybridized carbons (Fsp3) is 0.636. The van der Waals surface area contributed by atoms with E-state index in [1.165, 1.54) is 4.88 Å². The first-order chi connectivity index (χ1) is 6.77. The summed E-state index contributed by atoms with van der Waals surface area (Å²) in [6, 6.07) is 5.26. The minimum absolute atomic E-state index is 0.448. The Bertz CT molecular complexity index is 273. The van der Waals surface area contributed by atoms with Crippen LogP contribution in [0, 0.1) is 5.92 Å². The van der Waals surface area contributed by atoms with E-state index in [0.717, 1.165) is 13.2 Å². The molecule has 78 valence electrons. The molecule has 1 fully saturated rings. The van der Waals surface area contributed by atoms with Crippen molar-refractivity contribution in [3.63, 3.8) is 0 Å². The van der Waals surface area contributed by atoms with Gasteiger partial charge in [-0.25, -0.2) is 0 Å². The second kappa shape index (κ2) is 4.43. The van der Waals surface area contributed by atoms with Crippen LogP contribution in [-0.2, 0) is 4.74 Å². The summed E-state index contributed by atoms with van der Waals surface area (Å²) in [5, 5.41) is 5.74. The highest BCUT2D eigenvalue weighted by molar-refractivity contribution is 7.10. The fourth-order valence-electron chi connectivity index (χ4n) is 1.81. The summed E-state index contributed by atoms with van der Waals surface area (Å²) in [4.78, 5) is 1.41. The first-order valence-electron chi connectivity index (χ1n) is 5.14. The lowest BCUT2D eigenvalue weighted by Gasteiger charge is -2.20. The number of rotatable bonds is 3. The van der Waals surface area contributed by atoms with Gasteiger partial charge in [0.1, 0.15) is 0 Å². The molecule has 14 heavy (non-hydrogen) atoms. The molecule has 1 saturated heterocycles. The maximum absolute atomic E-state index is 5.43. The van der Waals surface area contributed by atoms with Crippen molar-refractivity contribution in [3.05, 3.63) is 22.4 Å². The van der Waals surface area contributed by atoms with Crippen molar-refractivity contribution in [1.29, 1.82) is 0 Å². The van der Waals surface area contributed by atoms with Crippen molar-refractivity contribution in [2.75, 3.05) is 13.2 Å². The number of hydrogen-bond donors (Lipinski definition) is 1. The first kappa shape index (κ1) is 10.1. The van der Waals surface area contributed by atoms with Crippen molar-refractivity contribution < 1.29 is 4.74 Å². The third-order valence-corrected chi connectivity index (χ3v) is 3.85. The van der Waals surface area contributed by atoms with E-state index in [9.17, 15) is 0 Å². The van der Waals surface area contributed by atoms with Gasteiger partial charge in [-0.05, 0) is 24.3 Å². The summed E-state index contributed by atoms with van der Waals surface area (Å²) in [6.45, 7) is 6.22. The maximum Gasteiger partial charge on any atom is 0.0623 e. The van der Waals surface area contributed by atoms with Gasteiger partial charge in [-0.2, -0.15) is 0 Å². The molecule has 0 saturated carbocycles. The van der Waals surface area contributed by atoms with E-state index in [1.807, 2.05) is 11.3 Å². The normalized spacial score (nSPS) is 29.3. The van der Waals surface area contributed by atoms with Crippen LogP contribution in [0.1, 0.15) is 24.8 Å². The molecule has 1 aliphatic rings. The molecule has 1 N–H and O–H groups in total. The van der Waals surface area contributed by atoms with Crippen LogP contribution in [-0.4, -0.2) is 19.3 Å². The number of ether oxygens (including phenoxy) is 1. The van der Waals surface area contributed by atoms with Gasteiger partial charge in [-0.15, -0.1) is 11.3 Å². The molecule has 2 rings (SSSR count). The molecule has 1 aromatic heterocycles. The zero-order chi connectivity index (χ0) is 9.97. The molecule has 1 aromatic rings. The van der Waals surface area contributed by atoms with Gasteiger partial charge >= 0.3 is 0 Å². The van der Waals surface area contributed by atoms with E-state index in [4.69, 9.17) is 4.74 Å². The molecule has 2 nitrogen and oxygen atoms in total. The van der Waals surface area contributed by atoms with Crippen molar-refractivity contribution in [2.45, 2.75) is 25.9 Å². The van der Waals surface area contributed by atoms with E-state index in [1.54, 1.807) is 0 Å². The van der Waals surface area contributed by atoms with Crippen LogP contribution in [0.25, 0.3) is 0 Å². The third-order valence-electron chi connectivity index (χ3n) is 2.80. The molecule has 0 bridgehead atoms. The van der Waals surface area contributed by atoms with Crippen molar-refractivity contribution in [3.8, 4) is 0 Å². The Morgan fingerprint density at radius 2 is 2.43 bits per heavy atom. The minimum Gasteiger partial charge on any atom is -0.379 e. The lowest BCUT2D eigenvalue weighted by molar-refractivity contribution is 0.183. The molecular formula is C11H17NOS. The molecular weight excluding hydrogens is 194 g/mol. The van der Waals surface area contributed by atoms with Gasteiger partial charge in [0.25, 0.3) is 0 Å².